The van der Waals surface area contributed by atoms with E-state index in [-0.39, 0.29) is 6.17 Å². The van der Waals surface area contributed by atoms with Crippen LogP contribution in [0.15, 0.2) is 198 Å². The van der Waals surface area contributed by atoms with E-state index in [1.54, 1.807) is 0 Å². The molecule has 0 saturated carbocycles. The molecule has 1 unspecified atom stereocenters. The molecular formula is C51H33N3S2. The van der Waals surface area contributed by atoms with Gasteiger partial charge in [0.15, 0.2) is 5.84 Å². The second kappa shape index (κ2) is 13.6. The number of nitrogens with one attached hydrogen (secondary N) is 1. The van der Waals surface area contributed by atoms with E-state index in [9.17, 15) is 0 Å². The zero-order chi connectivity index (χ0) is 37.0. The van der Waals surface area contributed by atoms with Gasteiger partial charge in [0.1, 0.15) is 12.0 Å². The third-order valence-electron chi connectivity index (χ3n) is 10.7. The molecule has 264 valence electrons. The number of thiophene rings is 2. The first kappa shape index (κ1) is 32.7. The Kier molecular flexibility index (Phi) is 7.94. The first-order valence-corrected chi connectivity index (χ1v) is 20.5. The number of hydrogen-bond donors (Lipinski definition) is 1. The van der Waals surface area contributed by atoms with Gasteiger partial charge in [-0.15, -0.1) is 22.7 Å². The summed E-state index contributed by atoms with van der Waals surface area (Å²) in [5, 5.41) is 8.88. The van der Waals surface area contributed by atoms with E-state index < -0.39 is 0 Å². The molecule has 3 nitrogen and oxygen atoms in total. The van der Waals surface area contributed by atoms with Crippen LogP contribution in [0.25, 0.3) is 73.7 Å². The van der Waals surface area contributed by atoms with Gasteiger partial charge in [-0.05, 0) is 81.9 Å². The number of hydrogen-bond acceptors (Lipinski definition) is 5. The van der Waals surface area contributed by atoms with Crippen molar-refractivity contribution in [2.45, 2.75) is 6.17 Å². The molecule has 10 aromatic rings. The average molecular weight is 752 g/mol. The Hall–Kier alpha value is -6.66. The van der Waals surface area contributed by atoms with Crippen molar-refractivity contribution in [1.29, 1.82) is 0 Å². The summed E-state index contributed by atoms with van der Waals surface area (Å²) in [4.78, 5) is 10.9. The fourth-order valence-corrected chi connectivity index (χ4v) is 10.4. The minimum absolute atomic E-state index is 0.357. The molecule has 3 heterocycles. The molecule has 1 atom stereocenters. The summed E-state index contributed by atoms with van der Waals surface area (Å²) in [6.45, 7) is 0. The van der Waals surface area contributed by atoms with Gasteiger partial charge in [0, 0.05) is 57.0 Å². The summed E-state index contributed by atoms with van der Waals surface area (Å²) in [7, 11) is 0. The number of nitrogens with zero attached hydrogens (tertiary/aromatic N) is 2. The molecule has 0 amide bonds. The molecule has 1 N–H and O–H groups in total. The van der Waals surface area contributed by atoms with Crippen LogP contribution in [0.4, 0.5) is 0 Å². The Bertz CT molecular complexity index is 3100. The summed E-state index contributed by atoms with van der Waals surface area (Å²) in [5.74, 6) is 1.51. The molecule has 11 rings (SSSR count). The van der Waals surface area contributed by atoms with Crippen LogP contribution in [0.1, 0.15) is 22.9 Å². The molecule has 0 spiro atoms. The van der Waals surface area contributed by atoms with Gasteiger partial charge in [-0.25, -0.2) is 9.98 Å². The van der Waals surface area contributed by atoms with Crippen molar-refractivity contribution in [2.24, 2.45) is 9.98 Å². The summed E-state index contributed by atoms with van der Waals surface area (Å²) in [6, 6.07) is 67.4. The fraction of sp³-hybridized carbons (Fsp3) is 0.0196. The Labute approximate surface area is 332 Å². The summed E-state index contributed by atoms with van der Waals surface area (Å²) >= 11 is 3.67. The second-order valence-electron chi connectivity index (χ2n) is 14.2. The molecule has 1 aliphatic rings. The number of fused-ring (bicyclic) bond motifs is 6. The highest BCUT2D eigenvalue weighted by atomic mass is 32.1. The normalized spacial score (nSPS) is 14.2. The highest BCUT2D eigenvalue weighted by molar-refractivity contribution is 7.26. The lowest BCUT2D eigenvalue weighted by atomic mass is 9.95. The van der Waals surface area contributed by atoms with Gasteiger partial charge in [-0.3, -0.25) is 0 Å². The van der Waals surface area contributed by atoms with Gasteiger partial charge in [-0.2, -0.15) is 0 Å². The Morgan fingerprint density at radius 2 is 1.02 bits per heavy atom. The molecule has 2 aromatic heterocycles. The first-order valence-electron chi connectivity index (χ1n) is 18.8. The van der Waals surface area contributed by atoms with Crippen molar-refractivity contribution < 1.29 is 0 Å². The maximum absolute atomic E-state index is 5.47. The van der Waals surface area contributed by atoms with Crippen LogP contribution in [0, 0.1) is 0 Å². The standard InChI is InChI=1S/C51H33N3S2/c1-4-14-32(15-5-1)36-28-37(33-16-6-2-7-17-33)30-38(29-36)50-52-49(53-51(54-50)42-23-12-22-41-40-20-10-11-24-44(40)56-48(41)42)35-26-27-45-43(31-35)47-39(21-13-25-46(47)55-45)34-18-8-3-9-19-34/h1-31,51H,(H,52,53,54). The lowest BCUT2D eigenvalue weighted by molar-refractivity contribution is 0.680. The number of rotatable bonds is 6. The molecule has 0 saturated heterocycles. The monoisotopic (exact) mass is 751 g/mol. The van der Waals surface area contributed by atoms with Crippen molar-refractivity contribution in [2.75, 3.05) is 0 Å². The van der Waals surface area contributed by atoms with E-state index in [2.05, 4.69) is 193 Å². The SMILES string of the molecule is c1ccc(-c2cc(C3=NC(c4cccc5c4sc4ccccc45)NC(c4ccc5sc6cccc(-c7ccccc7)c6c5c4)=N3)cc(-c3ccccc3)c2)cc1. The van der Waals surface area contributed by atoms with Crippen molar-refractivity contribution >= 4 is 74.7 Å². The molecule has 0 aliphatic carbocycles. The van der Waals surface area contributed by atoms with Gasteiger partial charge in [-0.1, -0.05) is 140 Å². The summed E-state index contributed by atoms with van der Waals surface area (Å²) in [5.41, 5.74) is 10.2. The lowest BCUT2D eigenvalue weighted by Crippen LogP contribution is -2.33. The highest BCUT2D eigenvalue weighted by Crippen LogP contribution is 2.42. The van der Waals surface area contributed by atoms with E-state index >= 15 is 0 Å². The average Bonchev–Trinajstić information content (AvgIpc) is 3.85. The first-order chi connectivity index (χ1) is 27.7. The lowest BCUT2D eigenvalue weighted by Gasteiger charge is -2.24. The van der Waals surface area contributed by atoms with Gasteiger partial charge in [0.25, 0.3) is 0 Å². The molecule has 5 heteroatoms. The molecule has 0 radical (unpaired) electrons. The summed E-state index contributed by atoms with van der Waals surface area (Å²) < 4.78 is 5.05. The largest absolute Gasteiger partial charge is 0.344 e. The predicted octanol–water partition coefficient (Wildman–Crippen LogP) is 13.9. The third kappa shape index (κ3) is 5.72. The Morgan fingerprint density at radius 3 is 1.77 bits per heavy atom. The van der Waals surface area contributed by atoms with E-state index in [4.69, 9.17) is 9.98 Å². The zero-order valence-electron chi connectivity index (χ0n) is 30.2. The van der Waals surface area contributed by atoms with Crippen molar-refractivity contribution in [3.8, 4) is 33.4 Å². The van der Waals surface area contributed by atoms with E-state index in [1.165, 1.54) is 51.5 Å². The van der Waals surface area contributed by atoms with E-state index in [1.807, 2.05) is 22.7 Å². The number of amidine groups is 2. The fourth-order valence-electron chi connectivity index (χ4n) is 8.05. The van der Waals surface area contributed by atoms with Crippen LogP contribution >= 0.6 is 22.7 Å². The zero-order valence-corrected chi connectivity index (χ0v) is 31.8. The highest BCUT2D eigenvalue weighted by Gasteiger charge is 2.25. The number of benzene rings is 8. The van der Waals surface area contributed by atoms with Crippen LogP contribution in [0.5, 0.6) is 0 Å². The molecule has 0 bridgehead atoms. The maximum atomic E-state index is 5.47. The molecule has 0 fully saturated rings. The van der Waals surface area contributed by atoms with Crippen LogP contribution < -0.4 is 5.32 Å². The Balaban J connectivity index is 1.12. The van der Waals surface area contributed by atoms with E-state index in [0.29, 0.717) is 5.84 Å². The quantitative estimate of drug-likeness (QED) is 0.180. The number of aliphatic imine (C=N–C) groups is 2. The van der Waals surface area contributed by atoms with Crippen molar-refractivity contribution in [3.05, 3.63) is 205 Å². The second-order valence-corrected chi connectivity index (χ2v) is 16.3. The minimum atomic E-state index is -0.357. The van der Waals surface area contributed by atoms with Crippen LogP contribution in [-0.4, -0.2) is 11.7 Å². The van der Waals surface area contributed by atoms with Crippen molar-refractivity contribution in [3.63, 3.8) is 0 Å². The van der Waals surface area contributed by atoms with Crippen LogP contribution in [0.2, 0.25) is 0 Å². The Morgan fingerprint density at radius 1 is 0.411 bits per heavy atom. The van der Waals surface area contributed by atoms with Crippen LogP contribution in [0.3, 0.4) is 0 Å². The minimum Gasteiger partial charge on any atom is -0.344 e. The molecule has 56 heavy (non-hydrogen) atoms. The van der Waals surface area contributed by atoms with E-state index in [0.717, 1.165) is 44.8 Å². The molecule has 8 aromatic carbocycles. The predicted molar refractivity (Wildman–Crippen MR) is 240 cm³/mol. The maximum Gasteiger partial charge on any atom is 0.159 e. The van der Waals surface area contributed by atoms with Gasteiger partial charge >= 0.3 is 0 Å². The smallest absolute Gasteiger partial charge is 0.159 e. The van der Waals surface area contributed by atoms with Crippen LogP contribution in [-0.2, 0) is 0 Å². The van der Waals surface area contributed by atoms with Gasteiger partial charge in [0.05, 0.1) is 0 Å². The van der Waals surface area contributed by atoms with Crippen molar-refractivity contribution in [1.82, 2.24) is 5.32 Å². The third-order valence-corrected chi connectivity index (χ3v) is 13.1. The molecular weight excluding hydrogens is 719 g/mol. The van der Waals surface area contributed by atoms with Gasteiger partial charge in [0.2, 0.25) is 0 Å². The van der Waals surface area contributed by atoms with Gasteiger partial charge < -0.3 is 5.32 Å². The topological polar surface area (TPSA) is 36.8 Å². The molecule has 1 aliphatic heterocycles. The summed E-state index contributed by atoms with van der Waals surface area (Å²) in [6.07, 6.45) is -0.357.